The highest BCUT2D eigenvalue weighted by atomic mass is 16.4. The number of para-hydroxylation sites is 2. The maximum absolute atomic E-state index is 12.5. The summed E-state index contributed by atoms with van der Waals surface area (Å²) in [4.78, 5) is 36.0. The molecule has 1 aromatic carbocycles. The summed E-state index contributed by atoms with van der Waals surface area (Å²) in [6.45, 7) is 5.27. The number of aliphatic carboxylic acids is 1. The third-order valence-electron chi connectivity index (χ3n) is 4.14. The molecule has 1 atom stereocenters. The van der Waals surface area contributed by atoms with Gasteiger partial charge in [0.2, 0.25) is 5.91 Å². The van der Waals surface area contributed by atoms with Gasteiger partial charge in [-0.15, -0.1) is 0 Å². The van der Waals surface area contributed by atoms with E-state index in [0.717, 1.165) is 5.52 Å². The number of imidazole rings is 1. The number of aromatic nitrogens is 2. The Balaban J connectivity index is 2.36. The number of rotatable bonds is 6. The Kier molecular flexibility index (Phi) is 4.58. The maximum Gasteiger partial charge on any atom is 0.329 e. The average Bonchev–Trinajstić information content (AvgIpc) is 2.79. The van der Waals surface area contributed by atoms with Crippen molar-refractivity contribution in [3.8, 4) is 0 Å². The number of amides is 1. The molecule has 1 amide bonds. The van der Waals surface area contributed by atoms with Gasteiger partial charge in [-0.2, -0.15) is 0 Å². The molecule has 1 aromatic heterocycles. The van der Waals surface area contributed by atoms with Crippen LogP contribution in [0.4, 0.5) is 0 Å². The largest absolute Gasteiger partial charge is 0.480 e. The number of nitrogens with one attached hydrogen (secondary N) is 1. The number of carboxylic acid groups (broad SMARTS) is 1. The SMILES string of the molecule is CCn1c(=O)n(CC(=O)NC(C)(CC)C(=O)O)c2ccccc21. The fourth-order valence-corrected chi connectivity index (χ4v) is 2.51. The fourth-order valence-electron chi connectivity index (χ4n) is 2.51. The van der Waals surface area contributed by atoms with E-state index in [-0.39, 0.29) is 18.7 Å². The van der Waals surface area contributed by atoms with Crippen molar-refractivity contribution in [3.63, 3.8) is 0 Å². The minimum Gasteiger partial charge on any atom is -0.480 e. The zero-order chi connectivity index (χ0) is 17.2. The van der Waals surface area contributed by atoms with Gasteiger partial charge < -0.3 is 10.4 Å². The van der Waals surface area contributed by atoms with E-state index in [9.17, 15) is 19.5 Å². The summed E-state index contributed by atoms with van der Waals surface area (Å²) in [5.41, 5.74) is -0.214. The van der Waals surface area contributed by atoms with Crippen molar-refractivity contribution in [3.05, 3.63) is 34.7 Å². The van der Waals surface area contributed by atoms with Crippen LogP contribution in [0.5, 0.6) is 0 Å². The lowest BCUT2D eigenvalue weighted by Crippen LogP contribution is -2.53. The maximum atomic E-state index is 12.5. The van der Waals surface area contributed by atoms with Crippen molar-refractivity contribution in [2.75, 3.05) is 0 Å². The minimum atomic E-state index is -1.34. The molecular formula is C16H21N3O4. The molecule has 2 rings (SSSR count). The van der Waals surface area contributed by atoms with Gasteiger partial charge in [0.1, 0.15) is 12.1 Å². The number of hydrogen-bond acceptors (Lipinski definition) is 3. The highest BCUT2D eigenvalue weighted by Gasteiger charge is 2.33. The van der Waals surface area contributed by atoms with E-state index in [0.29, 0.717) is 12.1 Å². The Morgan fingerprint density at radius 1 is 1.17 bits per heavy atom. The normalized spacial score (nSPS) is 13.7. The van der Waals surface area contributed by atoms with Crippen molar-refractivity contribution in [2.24, 2.45) is 0 Å². The molecule has 7 heteroatoms. The molecule has 1 unspecified atom stereocenters. The number of carbonyl (C=O) groups is 2. The van der Waals surface area contributed by atoms with Crippen molar-refractivity contribution in [2.45, 2.75) is 45.8 Å². The first-order chi connectivity index (χ1) is 10.8. The van der Waals surface area contributed by atoms with Crippen LogP contribution in [0.2, 0.25) is 0 Å². The molecular weight excluding hydrogens is 298 g/mol. The Bertz CT molecular complexity index is 805. The van der Waals surface area contributed by atoms with E-state index in [4.69, 9.17) is 0 Å². The van der Waals surface area contributed by atoms with Gasteiger partial charge in [-0.25, -0.2) is 9.59 Å². The Labute approximate surface area is 133 Å². The standard InChI is InChI=1S/C16H21N3O4/c1-4-16(3,14(21)22)17-13(20)10-19-12-9-7-6-8-11(12)18(5-2)15(19)23/h6-9H,4-5,10H2,1-3H3,(H,17,20)(H,21,22). The summed E-state index contributed by atoms with van der Waals surface area (Å²) >= 11 is 0. The third-order valence-corrected chi connectivity index (χ3v) is 4.14. The summed E-state index contributed by atoms with van der Waals surface area (Å²) in [7, 11) is 0. The van der Waals surface area contributed by atoms with Crippen molar-refractivity contribution in [1.82, 2.24) is 14.5 Å². The van der Waals surface area contributed by atoms with Crippen LogP contribution in [-0.2, 0) is 22.7 Å². The highest BCUT2D eigenvalue weighted by molar-refractivity contribution is 5.87. The molecule has 7 nitrogen and oxygen atoms in total. The summed E-state index contributed by atoms with van der Waals surface area (Å²) in [6.07, 6.45) is 0.250. The van der Waals surface area contributed by atoms with Crippen LogP contribution >= 0.6 is 0 Å². The molecule has 0 saturated carbocycles. The van der Waals surface area contributed by atoms with E-state index in [1.807, 2.05) is 19.1 Å². The zero-order valence-corrected chi connectivity index (χ0v) is 13.5. The molecule has 0 aliphatic carbocycles. The summed E-state index contributed by atoms with van der Waals surface area (Å²) in [5, 5.41) is 11.7. The summed E-state index contributed by atoms with van der Waals surface area (Å²) < 4.78 is 2.95. The minimum absolute atomic E-state index is 0.213. The third kappa shape index (κ3) is 2.99. The molecule has 0 spiro atoms. The van der Waals surface area contributed by atoms with Crippen LogP contribution < -0.4 is 11.0 Å². The molecule has 0 bridgehead atoms. The number of carboxylic acids is 1. The predicted molar refractivity (Wildman–Crippen MR) is 86.3 cm³/mol. The second kappa shape index (κ2) is 6.28. The number of benzene rings is 1. The average molecular weight is 319 g/mol. The molecule has 1 heterocycles. The lowest BCUT2D eigenvalue weighted by molar-refractivity contribution is -0.147. The topological polar surface area (TPSA) is 93.3 Å². The van der Waals surface area contributed by atoms with E-state index in [2.05, 4.69) is 5.32 Å². The smallest absolute Gasteiger partial charge is 0.329 e. The van der Waals surface area contributed by atoms with Gasteiger partial charge >= 0.3 is 11.7 Å². The quantitative estimate of drug-likeness (QED) is 0.836. The zero-order valence-electron chi connectivity index (χ0n) is 13.5. The number of nitrogens with zero attached hydrogens (tertiary/aromatic N) is 2. The molecule has 2 aromatic rings. The molecule has 23 heavy (non-hydrogen) atoms. The van der Waals surface area contributed by atoms with Gasteiger partial charge in [0, 0.05) is 6.54 Å². The molecule has 2 N–H and O–H groups in total. The van der Waals surface area contributed by atoms with Crippen molar-refractivity contribution < 1.29 is 14.7 Å². The Morgan fingerprint density at radius 2 is 1.74 bits per heavy atom. The molecule has 0 saturated heterocycles. The predicted octanol–water partition coefficient (Wildman–Crippen LogP) is 1.19. The molecule has 0 fully saturated rings. The first-order valence-electron chi connectivity index (χ1n) is 7.56. The van der Waals surface area contributed by atoms with Gasteiger partial charge in [-0.3, -0.25) is 13.9 Å². The van der Waals surface area contributed by atoms with Crippen molar-refractivity contribution >= 4 is 22.9 Å². The Morgan fingerprint density at radius 3 is 2.22 bits per heavy atom. The van der Waals surface area contributed by atoms with Gasteiger partial charge in [0.05, 0.1) is 11.0 Å². The molecule has 0 aliphatic rings. The van der Waals surface area contributed by atoms with Crippen LogP contribution in [0.15, 0.2) is 29.1 Å². The van der Waals surface area contributed by atoms with E-state index in [1.54, 1.807) is 23.6 Å². The van der Waals surface area contributed by atoms with E-state index < -0.39 is 17.4 Å². The van der Waals surface area contributed by atoms with Crippen LogP contribution in [0.3, 0.4) is 0 Å². The molecule has 124 valence electrons. The van der Waals surface area contributed by atoms with Crippen LogP contribution in [0, 0.1) is 0 Å². The van der Waals surface area contributed by atoms with Gasteiger partial charge in [0.15, 0.2) is 0 Å². The highest BCUT2D eigenvalue weighted by Crippen LogP contribution is 2.13. The number of fused-ring (bicyclic) bond motifs is 1. The number of aryl methyl sites for hydroxylation is 1. The first-order valence-corrected chi connectivity index (χ1v) is 7.56. The van der Waals surface area contributed by atoms with Crippen LogP contribution in [-0.4, -0.2) is 31.7 Å². The second-order valence-electron chi connectivity index (χ2n) is 5.64. The molecule has 0 aliphatic heterocycles. The fraction of sp³-hybridized carbons (Fsp3) is 0.438. The molecule has 0 radical (unpaired) electrons. The van der Waals surface area contributed by atoms with Gasteiger partial charge in [-0.05, 0) is 32.4 Å². The van der Waals surface area contributed by atoms with Gasteiger partial charge in [0.25, 0.3) is 0 Å². The number of carbonyl (C=O) groups excluding carboxylic acids is 1. The van der Waals surface area contributed by atoms with Gasteiger partial charge in [-0.1, -0.05) is 19.1 Å². The lowest BCUT2D eigenvalue weighted by atomic mass is 9.99. The first kappa shape index (κ1) is 16.8. The number of hydrogen-bond donors (Lipinski definition) is 2. The Hall–Kier alpha value is -2.57. The van der Waals surface area contributed by atoms with E-state index >= 15 is 0 Å². The summed E-state index contributed by atoms with van der Waals surface area (Å²) in [6, 6.07) is 7.22. The monoisotopic (exact) mass is 319 g/mol. The van der Waals surface area contributed by atoms with Crippen LogP contribution in [0.25, 0.3) is 11.0 Å². The van der Waals surface area contributed by atoms with Crippen molar-refractivity contribution in [1.29, 1.82) is 0 Å². The second-order valence-corrected chi connectivity index (χ2v) is 5.64. The summed E-state index contributed by atoms with van der Waals surface area (Å²) in [5.74, 6) is -1.60. The van der Waals surface area contributed by atoms with Crippen LogP contribution in [0.1, 0.15) is 27.2 Å². The van der Waals surface area contributed by atoms with E-state index in [1.165, 1.54) is 11.5 Å². The lowest BCUT2D eigenvalue weighted by Gasteiger charge is -2.24.